The van der Waals surface area contributed by atoms with Gasteiger partial charge in [-0.2, -0.15) is 0 Å². The minimum Gasteiger partial charge on any atom is -0.469 e. The number of carbonyl (C=O) groups is 1. The number of hydrogen-bond donors (Lipinski definition) is 1. The van der Waals surface area contributed by atoms with Gasteiger partial charge in [0.2, 0.25) is 0 Å². The lowest BCUT2D eigenvalue weighted by Crippen LogP contribution is -2.32. The highest BCUT2D eigenvalue weighted by Crippen LogP contribution is 2.20. The maximum atomic E-state index is 11.1. The van der Waals surface area contributed by atoms with Gasteiger partial charge in [-0.05, 0) is 12.8 Å². The van der Waals surface area contributed by atoms with Crippen molar-refractivity contribution < 1.29 is 14.6 Å². The third-order valence-corrected chi connectivity index (χ3v) is 2.62. The van der Waals surface area contributed by atoms with Gasteiger partial charge in [0.05, 0.1) is 19.1 Å². The van der Waals surface area contributed by atoms with Crippen LogP contribution in [0.5, 0.6) is 0 Å². The Bertz CT molecular complexity index is 152. The van der Waals surface area contributed by atoms with Crippen molar-refractivity contribution >= 4 is 5.97 Å². The number of aliphatic hydroxyl groups excluding tert-OH is 1. The van der Waals surface area contributed by atoms with Crippen LogP contribution in [-0.2, 0) is 9.53 Å². The second kappa shape index (κ2) is 5.97. The van der Waals surface area contributed by atoms with Crippen molar-refractivity contribution in [1.82, 2.24) is 0 Å². The van der Waals surface area contributed by atoms with Crippen LogP contribution in [0.25, 0.3) is 0 Å². The Kier molecular flexibility index (Phi) is 5.71. The molecule has 0 aromatic carbocycles. The van der Waals surface area contributed by atoms with Gasteiger partial charge in [-0.15, -0.1) is 0 Å². The van der Waals surface area contributed by atoms with E-state index in [1.807, 2.05) is 13.8 Å². The molecular formula is C10H20O3. The summed E-state index contributed by atoms with van der Waals surface area (Å²) in [4.78, 5) is 11.1. The van der Waals surface area contributed by atoms with Crippen molar-refractivity contribution in [3.8, 4) is 0 Å². The third kappa shape index (κ3) is 3.35. The Hall–Kier alpha value is -0.570. The molecule has 0 aliphatic heterocycles. The molecule has 78 valence electrons. The minimum absolute atomic E-state index is 0.189. The van der Waals surface area contributed by atoms with Gasteiger partial charge in [-0.25, -0.2) is 0 Å². The van der Waals surface area contributed by atoms with E-state index in [2.05, 4.69) is 4.74 Å². The largest absolute Gasteiger partial charge is 0.469 e. The van der Waals surface area contributed by atoms with Crippen molar-refractivity contribution in [1.29, 1.82) is 0 Å². The summed E-state index contributed by atoms with van der Waals surface area (Å²) in [6, 6.07) is 0. The molecule has 13 heavy (non-hydrogen) atoms. The van der Waals surface area contributed by atoms with Gasteiger partial charge in [0.1, 0.15) is 0 Å². The number of ether oxygens (including phenoxy) is 1. The van der Waals surface area contributed by atoms with E-state index in [9.17, 15) is 9.90 Å². The molecule has 0 saturated heterocycles. The van der Waals surface area contributed by atoms with Crippen LogP contribution < -0.4 is 0 Å². The molecule has 0 rings (SSSR count). The summed E-state index contributed by atoms with van der Waals surface area (Å²) in [5, 5.41) is 9.78. The Morgan fingerprint density at radius 1 is 1.38 bits per heavy atom. The first-order valence-corrected chi connectivity index (χ1v) is 4.84. The average molecular weight is 188 g/mol. The van der Waals surface area contributed by atoms with E-state index in [-0.39, 0.29) is 11.9 Å². The highest BCUT2D eigenvalue weighted by Gasteiger charge is 2.27. The zero-order chi connectivity index (χ0) is 10.4. The van der Waals surface area contributed by atoms with E-state index >= 15 is 0 Å². The predicted octanol–water partition coefficient (Wildman–Crippen LogP) is 1.59. The molecule has 3 heteroatoms. The van der Waals surface area contributed by atoms with Gasteiger partial charge in [0, 0.05) is 0 Å². The molecule has 0 aliphatic rings. The molecule has 2 unspecified atom stereocenters. The van der Waals surface area contributed by atoms with Crippen molar-refractivity contribution in [2.24, 2.45) is 11.8 Å². The van der Waals surface area contributed by atoms with Gasteiger partial charge in [-0.3, -0.25) is 4.79 Å². The lowest BCUT2D eigenvalue weighted by molar-refractivity contribution is -0.150. The van der Waals surface area contributed by atoms with Gasteiger partial charge >= 0.3 is 5.97 Å². The number of hydrogen-bond acceptors (Lipinski definition) is 3. The molecule has 0 aromatic rings. The number of esters is 1. The summed E-state index contributed by atoms with van der Waals surface area (Å²) in [5.41, 5.74) is 0. The van der Waals surface area contributed by atoms with E-state index in [0.29, 0.717) is 0 Å². The molecule has 0 amide bonds. The molecule has 0 fully saturated rings. The first kappa shape index (κ1) is 12.4. The van der Waals surface area contributed by atoms with Crippen molar-refractivity contribution in [3.05, 3.63) is 0 Å². The second-order valence-corrected chi connectivity index (χ2v) is 3.38. The smallest absolute Gasteiger partial charge is 0.311 e. The van der Waals surface area contributed by atoms with Crippen LogP contribution >= 0.6 is 0 Å². The Balaban J connectivity index is 4.21. The highest BCUT2D eigenvalue weighted by molar-refractivity contribution is 5.72. The zero-order valence-electron chi connectivity index (χ0n) is 8.91. The molecule has 0 heterocycles. The normalized spacial score (nSPS) is 15.5. The number of methoxy groups -OCH3 is 1. The summed E-state index contributed by atoms with van der Waals surface area (Å²) in [5.74, 6) is -0.566. The van der Waals surface area contributed by atoms with Crippen LogP contribution in [0.2, 0.25) is 0 Å². The monoisotopic (exact) mass is 188 g/mol. The van der Waals surface area contributed by atoms with Crippen LogP contribution in [0.15, 0.2) is 0 Å². The topological polar surface area (TPSA) is 46.5 Å². The van der Waals surface area contributed by atoms with Gasteiger partial charge in [0.15, 0.2) is 0 Å². The molecule has 2 atom stereocenters. The summed E-state index contributed by atoms with van der Waals surface area (Å²) >= 11 is 0. The standard InChI is InChI=1S/C10H20O3/c1-5-8(6-2)9(11)7(3)10(12)13-4/h7-9,11H,5-6H2,1-4H3. The maximum absolute atomic E-state index is 11.1. The third-order valence-electron chi connectivity index (χ3n) is 2.62. The minimum atomic E-state index is -0.581. The quantitative estimate of drug-likeness (QED) is 0.666. The molecule has 0 aromatic heterocycles. The molecule has 0 bridgehead atoms. The van der Waals surface area contributed by atoms with Crippen LogP contribution in [-0.4, -0.2) is 24.3 Å². The first-order chi connectivity index (χ1) is 6.08. The van der Waals surface area contributed by atoms with Gasteiger partial charge in [-0.1, -0.05) is 26.7 Å². The van der Waals surface area contributed by atoms with E-state index in [1.54, 1.807) is 6.92 Å². The van der Waals surface area contributed by atoms with Gasteiger partial charge < -0.3 is 9.84 Å². The Morgan fingerprint density at radius 3 is 2.15 bits per heavy atom. The highest BCUT2D eigenvalue weighted by atomic mass is 16.5. The molecule has 0 spiro atoms. The summed E-state index contributed by atoms with van der Waals surface area (Å²) in [7, 11) is 1.35. The van der Waals surface area contributed by atoms with Crippen molar-refractivity contribution in [3.63, 3.8) is 0 Å². The van der Waals surface area contributed by atoms with Crippen LogP contribution in [0, 0.1) is 11.8 Å². The number of rotatable bonds is 5. The fourth-order valence-electron chi connectivity index (χ4n) is 1.51. The van der Waals surface area contributed by atoms with E-state index in [0.717, 1.165) is 12.8 Å². The zero-order valence-corrected chi connectivity index (χ0v) is 8.91. The molecule has 0 aliphatic carbocycles. The molecule has 0 radical (unpaired) electrons. The average Bonchev–Trinajstić information content (AvgIpc) is 2.17. The Labute approximate surface area is 80.1 Å². The molecular weight excluding hydrogens is 168 g/mol. The van der Waals surface area contributed by atoms with Crippen LogP contribution in [0.4, 0.5) is 0 Å². The fourth-order valence-corrected chi connectivity index (χ4v) is 1.51. The lowest BCUT2D eigenvalue weighted by atomic mass is 9.88. The van der Waals surface area contributed by atoms with Crippen LogP contribution in [0.1, 0.15) is 33.6 Å². The van der Waals surface area contributed by atoms with E-state index in [1.165, 1.54) is 7.11 Å². The van der Waals surface area contributed by atoms with E-state index in [4.69, 9.17) is 0 Å². The lowest BCUT2D eigenvalue weighted by Gasteiger charge is -2.24. The van der Waals surface area contributed by atoms with Gasteiger partial charge in [0.25, 0.3) is 0 Å². The van der Waals surface area contributed by atoms with Crippen molar-refractivity contribution in [2.75, 3.05) is 7.11 Å². The Morgan fingerprint density at radius 2 is 1.85 bits per heavy atom. The second-order valence-electron chi connectivity index (χ2n) is 3.38. The summed E-state index contributed by atoms with van der Waals surface area (Å²) in [6.07, 6.45) is 1.19. The maximum Gasteiger partial charge on any atom is 0.311 e. The predicted molar refractivity (Wildman–Crippen MR) is 51.3 cm³/mol. The fraction of sp³-hybridized carbons (Fsp3) is 0.900. The van der Waals surface area contributed by atoms with Crippen molar-refractivity contribution in [2.45, 2.75) is 39.7 Å². The molecule has 3 nitrogen and oxygen atoms in total. The number of aliphatic hydroxyl groups is 1. The van der Waals surface area contributed by atoms with Crippen LogP contribution in [0.3, 0.4) is 0 Å². The summed E-state index contributed by atoms with van der Waals surface area (Å²) < 4.78 is 4.57. The molecule has 1 N–H and O–H groups in total. The first-order valence-electron chi connectivity index (χ1n) is 4.84. The molecule has 0 saturated carbocycles. The number of carbonyl (C=O) groups excluding carboxylic acids is 1. The summed E-state index contributed by atoms with van der Waals surface area (Å²) in [6.45, 7) is 5.73. The van der Waals surface area contributed by atoms with E-state index < -0.39 is 12.0 Å². The SMILES string of the molecule is CCC(CC)C(O)C(C)C(=O)OC.